The largest absolute Gasteiger partial charge is 0.417 e. The van der Waals surface area contributed by atoms with Gasteiger partial charge >= 0.3 is 6.18 Å². The molecule has 0 aliphatic heterocycles. The lowest BCUT2D eigenvalue weighted by Gasteiger charge is -2.12. The molecule has 5 nitrogen and oxygen atoms in total. The minimum absolute atomic E-state index is 0.00949. The Hall–Kier alpha value is -2.42. The second kappa shape index (κ2) is 7.23. The van der Waals surface area contributed by atoms with Crippen molar-refractivity contribution in [2.24, 2.45) is 0 Å². The maximum atomic E-state index is 12.8. The van der Waals surface area contributed by atoms with Gasteiger partial charge < -0.3 is 10.6 Å². The fourth-order valence-electron chi connectivity index (χ4n) is 1.80. The Bertz CT molecular complexity index is 687. The van der Waals surface area contributed by atoms with E-state index in [1.807, 2.05) is 0 Å². The van der Waals surface area contributed by atoms with E-state index in [1.165, 1.54) is 24.4 Å². The molecule has 0 spiro atoms. The number of amides is 2. The second-order valence-electron chi connectivity index (χ2n) is 4.43. The summed E-state index contributed by atoms with van der Waals surface area (Å²) in [7, 11) is 0. The second-order valence-corrected chi connectivity index (χ2v) is 5.27. The van der Waals surface area contributed by atoms with Crippen molar-refractivity contribution in [3.8, 4) is 0 Å². The van der Waals surface area contributed by atoms with Crippen molar-refractivity contribution in [1.29, 1.82) is 0 Å². The van der Waals surface area contributed by atoms with Gasteiger partial charge in [-0.3, -0.25) is 9.59 Å². The van der Waals surface area contributed by atoms with Gasteiger partial charge in [0, 0.05) is 19.3 Å². The van der Waals surface area contributed by atoms with Crippen LogP contribution in [0, 0.1) is 0 Å². The van der Waals surface area contributed by atoms with Crippen molar-refractivity contribution in [3.05, 3.63) is 52.5 Å². The summed E-state index contributed by atoms with van der Waals surface area (Å²) in [6.45, 7) is 0.103. The first-order valence-corrected chi connectivity index (χ1v) is 7.30. The van der Waals surface area contributed by atoms with Crippen LogP contribution in [-0.2, 0) is 6.18 Å². The maximum absolute atomic E-state index is 12.8. The quantitative estimate of drug-likeness (QED) is 0.819. The van der Waals surface area contributed by atoms with Crippen molar-refractivity contribution in [3.63, 3.8) is 0 Å². The molecular formula is C14H12F3N3O2S. The van der Waals surface area contributed by atoms with E-state index in [4.69, 9.17) is 0 Å². The number of hydrogen-bond donors (Lipinski definition) is 2. The smallest absolute Gasteiger partial charge is 0.350 e. The number of alkyl halides is 3. The van der Waals surface area contributed by atoms with E-state index < -0.39 is 23.2 Å². The average molecular weight is 343 g/mol. The zero-order valence-corrected chi connectivity index (χ0v) is 12.5. The van der Waals surface area contributed by atoms with Gasteiger partial charge in [-0.25, -0.2) is 4.37 Å². The first-order valence-electron chi connectivity index (χ1n) is 6.53. The molecule has 23 heavy (non-hydrogen) atoms. The number of carbonyl (C=O) groups excluding carboxylic acids is 2. The maximum Gasteiger partial charge on any atom is 0.417 e. The first kappa shape index (κ1) is 16.9. The van der Waals surface area contributed by atoms with Crippen LogP contribution in [-0.4, -0.2) is 29.3 Å². The standard InChI is InChI=1S/C14H12F3N3O2S/c15-14(16,17)10-4-2-1-3-9(10)12(21)18-7-8-19-13(22)11-5-6-20-23-11/h1-6H,7-8H2,(H,18,21)(H,19,22). The molecule has 122 valence electrons. The van der Waals surface area contributed by atoms with Gasteiger partial charge in [0.1, 0.15) is 4.88 Å². The van der Waals surface area contributed by atoms with Crippen LogP contribution in [0.2, 0.25) is 0 Å². The fourth-order valence-corrected chi connectivity index (χ4v) is 2.31. The van der Waals surface area contributed by atoms with Gasteiger partial charge in [0.05, 0.1) is 11.1 Å². The number of aromatic nitrogens is 1. The van der Waals surface area contributed by atoms with Crippen molar-refractivity contribution in [2.45, 2.75) is 6.18 Å². The third-order valence-electron chi connectivity index (χ3n) is 2.83. The molecule has 2 amide bonds. The summed E-state index contributed by atoms with van der Waals surface area (Å²) in [5, 5.41) is 4.88. The van der Waals surface area contributed by atoms with Crippen LogP contribution in [0.25, 0.3) is 0 Å². The van der Waals surface area contributed by atoms with Crippen molar-refractivity contribution < 1.29 is 22.8 Å². The van der Waals surface area contributed by atoms with Crippen LogP contribution in [0.3, 0.4) is 0 Å². The SMILES string of the molecule is O=C(NCCNC(=O)c1ccccc1C(F)(F)F)c1ccns1. The number of benzene rings is 1. The number of carbonyl (C=O) groups is 2. The lowest BCUT2D eigenvalue weighted by Crippen LogP contribution is -2.35. The van der Waals surface area contributed by atoms with Crippen LogP contribution >= 0.6 is 11.5 Å². The zero-order valence-electron chi connectivity index (χ0n) is 11.7. The molecule has 0 saturated heterocycles. The molecule has 0 aliphatic carbocycles. The summed E-state index contributed by atoms with van der Waals surface area (Å²) in [6, 6.07) is 6.07. The molecule has 0 fully saturated rings. The molecule has 2 N–H and O–H groups in total. The van der Waals surface area contributed by atoms with E-state index in [2.05, 4.69) is 15.0 Å². The third kappa shape index (κ3) is 4.52. The highest BCUT2D eigenvalue weighted by molar-refractivity contribution is 7.08. The molecule has 2 rings (SSSR count). The molecule has 1 aromatic carbocycles. The Balaban J connectivity index is 1.87. The topological polar surface area (TPSA) is 71.1 Å². The van der Waals surface area contributed by atoms with Gasteiger partial charge in [0.25, 0.3) is 11.8 Å². The van der Waals surface area contributed by atoms with E-state index in [-0.39, 0.29) is 19.0 Å². The molecule has 0 atom stereocenters. The van der Waals surface area contributed by atoms with E-state index in [9.17, 15) is 22.8 Å². The van der Waals surface area contributed by atoms with Crippen molar-refractivity contribution in [1.82, 2.24) is 15.0 Å². The molecule has 1 heterocycles. The molecule has 0 radical (unpaired) electrons. The van der Waals surface area contributed by atoms with Crippen LogP contribution < -0.4 is 10.6 Å². The zero-order chi connectivity index (χ0) is 16.9. The van der Waals surface area contributed by atoms with Crippen LogP contribution in [0.1, 0.15) is 25.6 Å². The van der Waals surface area contributed by atoms with Gasteiger partial charge in [-0.05, 0) is 29.7 Å². The number of nitrogens with one attached hydrogen (secondary N) is 2. The summed E-state index contributed by atoms with van der Waals surface area (Å²) in [4.78, 5) is 23.9. The van der Waals surface area contributed by atoms with E-state index in [0.29, 0.717) is 4.88 Å². The molecule has 2 aromatic rings. The Kier molecular flexibility index (Phi) is 5.32. The molecule has 0 saturated carbocycles. The van der Waals surface area contributed by atoms with E-state index >= 15 is 0 Å². The predicted octanol–water partition coefficient (Wildman–Crippen LogP) is 2.32. The fraction of sp³-hybridized carbons (Fsp3) is 0.214. The average Bonchev–Trinajstić information content (AvgIpc) is 3.04. The van der Waals surface area contributed by atoms with Gasteiger partial charge in [-0.1, -0.05) is 12.1 Å². The minimum Gasteiger partial charge on any atom is -0.350 e. The summed E-state index contributed by atoms with van der Waals surface area (Å²) < 4.78 is 42.2. The lowest BCUT2D eigenvalue weighted by atomic mass is 10.1. The summed E-state index contributed by atoms with van der Waals surface area (Å²) >= 11 is 1.02. The van der Waals surface area contributed by atoms with Crippen molar-refractivity contribution in [2.75, 3.05) is 13.1 Å². The van der Waals surface area contributed by atoms with Gasteiger partial charge in [-0.2, -0.15) is 13.2 Å². The number of halogens is 3. The summed E-state index contributed by atoms with van der Waals surface area (Å²) in [5.41, 5.74) is -1.44. The Morgan fingerprint density at radius 3 is 2.30 bits per heavy atom. The Morgan fingerprint density at radius 1 is 1.04 bits per heavy atom. The molecule has 9 heteroatoms. The van der Waals surface area contributed by atoms with E-state index in [1.54, 1.807) is 0 Å². The molecular weight excluding hydrogens is 331 g/mol. The van der Waals surface area contributed by atoms with Gasteiger partial charge in [0.2, 0.25) is 0 Å². The van der Waals surface area contributed by atoms with Crippen LogP contribution in [0.15, 0.2) is 36.5 Å². The van der Waals surface area contributed by atoms with Crippen LogP contribution in [0.5, 0.6) is 0 Å². The summed E-state index contributed by atoms with van der Waals surface area (Å²) in [6.07, 6.45) is -3.12. The summed E-state index contributed by atoms with van der Waals surface area (Å²) in [5.74, 6) is -1.19. The molecule has 1 aromatic heterocycles. The molecule has 0 aliphatic rings. The molecule has 0 bridgehead atoms. The number of nitrogens with zero attached hydrogens (tertiary/aromatic N) is 1. The van der Waals surface area contributed by atoms with Gasteiger partial charge in [0.15, 0.2) is 0 Å². The Labute approximate surface area is 133 Å². The highest BCUT2D eigenvalue weighted by atomic mass is 32.1. The predicted molar refractivity (Wildman–Crippen MR) is 78.2 cm³/mol. The monoisotopic (exact) mass is 343 g/mol. The van der Waals surface area contributed by atoms with Crippen LogP contribution in [0.4, 0.5) is 13.2 Å². The highest BCUT2D eigenvalue weighted by Gasteiger charge is 2.34. The number of rotatable bonds is 5. The van der Waals surface area contributed by atoms with Gasteiger partial charge in [-0.15, -0.1) is 0 Å². The first-order chi connectivity index (χ1) is 10.9. The lowest BCUT2D eigenvalue weighted by molar-refractivity contribution is -0.137. The third-order valence-corrected chi connectivity index (χ3v) is 3.58. The minimum atomic E-state index is -4.60. The van der Waals surface area contributed by atoms with E-state index in [0.717, 1.165) is 23.7 Å². The molecule has 0 unspecified atom stereocenters. The normalized spacial score (nSPS) is 11.1. The highest BCUT2D eigenvalue weighted by Crippen LogP contribution is 2.31. The van der Waals surface area contributed by atoms with Crippen molar-refractivity contribution >= 4 is 23.3 Å². The Morgan fingerprint density at radius 2 is 1.70 bits per heavy atom. The number of hydrogen-bond acceptors (Lipinski definition) is 4.